The van der Waals surface area contributed by atoms with Crippen molar-refractivity contribution in [2.45, 2.75) is 51.5 Å². The van der Waals surface area contributed by atoms with Crippen molar-refractivity contribution in [3.05, 3.63) is 28.2 Å². The first-order valence-electron chi connectivity index (χ1n) is 8.40. The highest BCUT2D eigenvalue weighted by atomic mass is 79.9. The van der Waals surface area contributed by atoms with E-state index in [0.717, 1.165) is 28.6 Å². The van der Waals surface area contributed by atoms with Crippen molar-refractivity contribution in [3.8, 4) is 0 Å². The van der Waals surface area contributed by atoms with Gasteiger partial charge in [0.1, 0.15) is 0 Å². The molecule has 23 heavy (non-hydrogen) atoms. The van der Waals surface area contributed by atoms with Gasteiger partial charge in [-0.25, -0.2) is 0 Å². The highest BCUT2D eigenvalue weighted by Crippen LogP contribution is 2.29. The van der Waals surface area contributed by atoms with Crippen LogP contribution in [0, 0.1) is 12.8 Å². The molecule has 1 unspecified atom stereocenters. The minimum Gasteiger partial charge on any atom is -0.339 e. The maximum absolute atomic E-state index is 12.5. The van der Waals surface area contributed by atoms with Gasteiger partial charge in [0.15, 0.2) is 0 Å². The molecule has 1 aliphatic heterocycles. The zero-order chi connectivity index (χ0) is 16.4. The number of rotatable bonds is 3. The van der Waals surface area contributed by atoms with Crippen LogP contribution in [0.4, 0.5) is 5.69 Å². The van der Waals surface area contributed by atoms with E-state index in [1.54, 1.807) is 0 Å². The summed E-state index contributed by atoms with van der Waals surface area (Å²) in [6.07, 6.45) is 6.18. The number of amides is 2. The number of likely N-dealkylation sites (tertiary alicyclic amines) is 1. The molecule has 5 heteroatoms. The summed E-state index contributed by atoms with van der Waals surface area (Å²) in [5.41, 5.74) is 1.87. The van der Waals surface area contributed by atoms with Crippen LogP contribution in [-0.2, 0) is 9.59 Å². The third-order valence-corrected chi connectivity index (χ3v) is 5.31. The molecule has 2 amide bonds. The van der Waals surface area contributed by atoms with Gasteiger partial charge in [0, 0.05) is 29.2 Å². The number of hydrogen-bond donors (Lipinski definition) is 1. The van der Waals surface area contributed by atoms with Crippen LogP contribution in [0.25, 0.3) is 0 Å². The lowest BCUT2D eigenvalue weighted by atomic mass is 9.94. The van der Waals surface area contributed by atoms with Crippen molar-refractivity contribution in [1.29, 1.82) is 0 Å². The van der Waals surface area contributed by atoms with Crippen LogP contribution in [0.15, 0.2) is 22.7 Å². The fourth-order valence-corrected chi connectivity index (χ4v) is 4.31. The molecule has 0 radical (unpaired) electrons. The highest BCUT2D eigenvalue weighted by Gasteiger charge is 2.38. The molecular weight excluding hydrogens is 356 g/mol. The second-order valence-electron chi connectivity index (χ2n) is 6.75. The first-order chi connectivity index (χ1) is 11.0. The first kappa shape index (κ1) is 16.5. The van der Waals surface area contributed by atoms with Crippen molar-refractivity contribution >= 4 is 33.4 Å². The zero-order valence-electron chi connectivity index (χ0n) is 13.5. The van der Waals surface area contributed by atoms with Crippen molar-refractivity contribution < 1.29 is 9.59 Å². The second kappa shape index (κ2) is 7.04. The molecule has 0 spiro atoms. The molecule has 1 aliphatic carbocycles. The van der Waals surface area contributed by atoms with Gasteiger partial charge >= 0.3 is 0 Å². The van der Waals surface area contributed by atoms with Gasteiger partial charge in [-0.1, -0.05) is 35.2 Å². The predicted molar refractivity (Wildman–Crippen MR) is 94.2 cm³/mol. The van der Waals surface area contributed by atoms with Crippen LogP contribution < -0.4 is 5.32 Å². The highest BCUT2D eigenvalue weighted by molar-refractivity contribution is 9.10. The Kier molecular flexibility index (Phi) is 5.05. The molecule has 4 nitrogen and oxygen atoms in total. The summed E-state index contributed by atoms with van der Waals surface area (Å²) in [4.78, 5) is 26.7. The van der Waals surface area contributed by atoms with Crippen LogP contribution in [0.2, 0.25) is 0 Å². The predicted octanol–water partition coefficient (Wildman–Crippen LogP) is 3.88. The Morgan fingerprint density at radius 3 is 2.65 bits per heavy atom. The van der Waals surface area contributed by atoms with Gasteiger partial charge < -0.3 is 10.2 Å². The molecule has 2 fully saturated rings. The molecule has 1 atom stereocenters. The molecule has 3 rings (SSSR count). The summed E-state index contributed by atoms with van der Waals surface area (Å²) in [5.74, 6) is -0.139. The van der Waals surface area contributed by atoms with Crippen molar-refractivity contribution in [3.63, 3.8) is 0 Å². The molecule has 1 aromatic rings. The van der Waals surface area contributed by atoms with E-state index in [4.69, 9.17) is 0 Å². The average molecular weight is 379 g/mol. The lowest BCUT2D eigenvalue weighted by molar-refractivity contribution is -0.130. The molecule has 1 saturated heterocycles. The Morgan fingerprint density at radius 2 is 1.96 bits per heavy atom. The SMILES string of the molecule is Cc1cc(Br)cc(NC(=O)C2CC(=O)N(C3CCCCC3)C2)c1. The third kappa shape index (κ3) is 3.94. The Hall–Kier alpha value is -1.36. The second-order valence-corrected chi connectivity index (χ2v) is 7.66. The first-order valence-corrected chi connectivity index (χ1v) is 9.20. The standard InChI is InChI=1S/C18H23BrN2O2/c1-12-7-14(19)10-15(8-12)20-18(23)13-9-17(22)21(11-13)16-5-3-2-4-6-16/h7-8,10,13,16H,2-6,9,11H2,1H3,(H,20,23). The van der Waals surface area contributed by atoms with Crippen LogP contribution in [0.3, 0.4) is 0 Å². The molecule has 0 bridgehead atoms. The summed E-state index contributed by atoms with van der Waals surface area (Å²) < 4.78 is 0.944. The smallest absolute Gasteiger partial charge is 0.229 e. The van der Waals surface area contributed by atoms with Crippen LogP contribution in [0.1, 0.15) is 44.1 Å². The van der Waals surface area contributed by atoms with Crippen LogP contribution in [0.5, 0.6) is 0 Å². The zero-order valence-corrected chi connectivity index (χ0v) is 15.1. The number of carbonyl (C=O) groups is 2. The number of carbonyl (C=O) groups excluding carboxylic acids is 2. The normalized spacial score (nSPS) is 22.4. The maximum Gasteiger partial charge on any atom is 0.229 e. The Bertz CT molecular complexity index is 591. The van der Waals surface area contributed by atoms with E-state index in [9.17, 15) is 9.59 Å². The fourth-order valence-electron chi connectivity index (χ4n) is 3.71. The largest absolute Gasteiger partial charge is 0.339 e. The molecule has 1 N–H and O–H groups in total. The van der Waals surface area contributed by atoms with Crippen LogP contribution >= 0.6 is 15.9 Å². The molecule has 1 aromatic carbocycles. The van der Waals surface area contributed by atoms with Gasteiger partial charge in [-0.2, -0.15) is 0 Å². The summed E-state index contributed by atoms with van der Waals surface area (Å²) in [6.45, 7) is 2.56. The van der Waals surface area contributed by atoms with Crippen molar-refractivity contribution in [2.24, 2.45) is 5.92 Å². The number of benzene rings is 1. The van der Waals surface area contributed by atoms with Gasteiger partial charge in [0.25, 0.3) is 0 Å². The van der Waals surface area contributed by atoms with E-state index < -0.39 is 0 Å². The summed E-state index contributed by atoms with van der Waals surface area (Å²) in [6, 6.07) is 6.18. The van der Waals surface area contributed by atoms with E-state index in [0.29, 0.717) is 19.0 Å². The number of nitrogens with one attached hydrogen (secondary N) is 1. The summed E-state index contributed by atoms with van der Waals surface area (Å²) in [5, 5.41) is 2.96. The number of hydrogen-bond acceptors (Lipinski definition) is 2. The number of aryl methyl sites for hydroxylation is 1. The molecular formula is C18H23BrN2O2. The summed E-state index contributed by atoms with van der Waals surface area (Å²) >= 11 is 3.44. The molecule has 2 aliphatic rings. The van der Waals surface area contributed by atoms with Gasteiger partial charge in [0.05, 0.1) is 5.92 Å². The van der Waals surface area contributed by atoms with Gasteiger partial charge in [0.2, 0.25) is 11.8 Å². The Morgan fingerprint density at radius 1 is 1.22 bits per heavy atom. The number of halogens is 1. The van der Waals surface area contributed by atoms with E-state index in [2.05, 4.69) is 21.2 Å². The quantitative estimate of drug-likeness (QED) is 0.867. The Balaban J connectivity index is 1.63. The lowest BCUT2D eigenvalue weighted by Gasteiger charge is -2.31. The third-order valence-electron chi connectivity index (χ3n) is 4.85. The minimum absolute atomic E-state index is 0.0471. The van der Waals surface area contributed by atoms with Crippen molar-refractivity contribution in [1.82, 2.24) is 4.90 Å². The van der Waals surface area contributed by atoms with E-state index in [-0.39, 0.29) is 17.7 Å². The Labute approximate surface area is 145 Å². The number of anilines is 1. The molecule has 1 saturated carbocycles. The molecule has 1 heterocycles. The maximum atomic E-state index is 12.5. The fraction of sp³-hybridized carbons (Fsp3) is 0.556. The number of nitrogens with zero attached hydrogens (tertiary/aromatic N) is 1. The van der Waals surface area contributed by atoms with E-state index in [1.807, 2.05) is 30.0 Å². The van der Waals surface area contributed by atoms with Gasteiger partial charge in [-0.3, -0.25) is 9.59 Å². The summed E-state index contributed by atoms with van der Waals surface area (Å²) in [7, 11) is 0. The monoisotopic (exact) mass is 378 g/mol. The van der Waals surface area contributed by atoms with Crippen molar-refractivity contribution in [2.75, 3.05) is 11.9 Å². The van der Waals surface area contributed by atoms with E-state index in [1.165, 1.54) is 19.3 Å². The lowest BCUT2D eigenvalue weighted by Crippen LogP contribution is -2.38. The minimum atomic E-state index is -0.233. The van der Waals surface area contributed by atoms with Crippen LogP contribution in [-0.4, -0.2) is 29.3 Å². The topological polar surface area (TPSA) is 49.4 Å². The van der Waals surface area contributed by atoms with Gasteiger partial charge in [-0.05, 0) is 43.5 Å². The molecule has 124 valence electrons. The molecule has 0 aromatic heterocycles. The van der Waals surface area contributed by atoms with Gasteiger partial charge in [-0.15, -0.1) is 0 Å². The average Bonchev–Trinajstić information content (AvgIpc) is 2.89. The van der Waals surface area contributed by atoms with E-state index >= 15 is 0 Å².